The summed E-state index contributed by atoms with van der Waals surface area (Å²) in [6.07, 6.45) is 5.14. The third-order valence-corrected chi connectivity index (χ3v) is 4.59. The minimum absolute atomic E-state index is 0.243. The van der Waals surface area contributed by atoms with Crippen LogP contribution >= 0.6 is 15.9 Å². The molecule has 94 valence electrons. The second-order valence-electron chi connectivity index (χ2n) is 5.12. The molecule has 0 radical (unpaired) electrons. The summed E-state index contributed by atoms with van der Waals surface area (Å²) in [7, 11) is 2.21. The van der Waals surface area contributed by atoms with Gasteiger partial charge in [0.2, 0.25) is 0 Å². The van der Waals surface area contributed by atoms with E-state index >= 15 is 0 Å². The number of hydrogen-bond acceptors (Lipinski definition) is 2. The van der Waals surface area contributed by atoms with Crippen molar-refractivity contribution in [2.24, 2.45) is 5.73 Å². The van der Waals surface area contributed by atoms with Gasteiger partial charge in [0.25, 0.3) is 0 Å². The zero-order valence-corrected chi connectivity index (χ0v) is 12.0. The van der Waals surface area contributed by atoms with Gasteiger partial charge in [-0.25, -0.2) is 0 Å². The second-order valence-corrected chi connectivity index (χ2v) is 6.03. The maximum Gasteiger partial charge on any atom is 0.0332 e. The van der Waals surface area contributed by atoms with Gasteiger partial charge < -0.3 is 5.73 Å². The van der Waals surface area contributed by atoms with Crippen LogP contribution in [0.3, 0.4) is 0 Å². The Labute approximate surface area is 112 Å². The summed E-state index contributed by atoms with van der Waals surface area (Å²) in [4.78, 5) is 2.45. The number of rotatable bonds is 4. The van der Waals surface area contributed by atoms with Crippen LogP contribution in [0.15, 0.2) is 28.7 Å². The van der Waals surface area contributed by atoms with Crippen molar-refractivity contribution in [1.82, 2.24) is 4.90 Å². The monoisotopic (exact) mass is 296 g/mol. The Morgan fingerprint density at radius 3 is 2.35 bits per heavy atom. The first-order valence-corrected chi connectivity index (χ1v) is 7.11. The second kappa shape index (κ2) is 5.51. The lowest BCUT2D eigenvalue weighted by Crippen LogP contribution is -2.49. The number of nitrogens with two attached hydrogens (primary N) is 1. The number of likely N-dealkylation sites (N-methyl/N-ethyl adjacent to an activating group) is 1. The fourth-order valence-electron chi connectivity index (χ4n) is 2.81. The molecule has 0 spiro atoms. The van der Waals surface area contributed by atoms with Crippen LogP contribution in [0.1, 0.15) is 31.2 Å². The van der Waals surface area contributed by atoms with Crippen LogP contribution < -0.4 is 5.73 Å². The molecule has 1 aromatic rings. The molecule has 0 saturated heterocycles. The molecule has 1 aliphatic carbocycles. The van der Waals surface area contributed by atoms with Gasteiger partial charge in [-0.3, -0.25) is 4.90 Å². The van der Waals surface area contributed by atoms with Crippen molar-refractivity contribution in [3.8, 4) is 0 Å². The normalized spacial score (nSPS) is 18.8. The maximum absolute atomic E-state index is 6.00. The fourth-order valence-corrected chi connectivity index (χ4v) is 3.07. The van der Waals surface area contributed by atoms with E-state index in [1.165, 1.54) is 31.2 Å². The third-order valence-electron chi connectivity index (χ3n) is 4.06. The van der Waals surface area contributed by atoms with E-state index in [2.05, 4.69) is 52.1 Å². The Morgan fingerprint density at radius 2 is 1.82 bits per heavy atom. The Kier molecular flexibility index (Phi) is 4.23. The predicted octanol–water partition coefficient (Wildman–Crippen LogP) is 3.15. The first-order chi connectivity index (χ1) is 8.16. The number of hydrogen-bond donors (Lipinski definition) is 1. The van der Waals surface area contributed by atoms with Gasteiger partial charge in [-0.1, -0.05) is 40.9 Å². The molecule has 1 saturated carbocycles. The molecule has 0 aromatic heterocycles. The van der Waals surface area contributed by atoms with Gasteiger partial charge in [0, 0.05) is 23.1 Å². The fraction of sp³-hybridized carbons (Fsp3) is 0.571. The highest BCUT2D eigenvalue weighted by Crippen LogP contribution is 2.34. The van der Waals surface area contributed by atoms with Crippen LogP contribution in [0.2, 0.25) is 0 Å². The molecule has 1 aliphatic rings. The standard InChI is InChI=1S/C14H21BrN2/c1-17(14(11-16)8-2-3-9-14)10-12-4-6-13(15)7-5-12/h4-7H,2-3,8-11,16H2,1H3. The first-order valence-electron chi connectivity index (χ1n) is 6.32. The smallest absolute Gasteiger partial charge is 0.0332 e. The summed E-state index contributed by atoms with van der Waals surface area (Å²) in [5.41, 5.74) is 7.60. The zero-order valence-electron chi connectivity index (χ0n) is 10.5. The lowest BCUT2D eigenvalue weighted by Gasteiger charge is -2.38. The Morgan fingerprint density at radius 1 is 1.24 bits per heavy atom. The average molecular weight is 297 g/mol. The summed E-state index contributed by atoms with van der Waals surface area (Å²) in [6.45, 7) is 1.77. The topological polar surface area (TPSA) is 29.3 Å². The van der Waals surface area contributed by atoms with Gasteiger partial charge in [0.15, 0.2) is 0 Å². The van der Waals surface area contributed by atoms with E-state index in [0.717, 1.165) is 17.6 Å². The third kappa shape index (κ3) is 2.90. The van der Waals surface area contributed by atoms with E-state index in [1.54, 1.807) is 0 Å². The summed E-state index contributed by atoms with van der Waals surface area (Å²) in [5, 5.41) is 0. The van der Waals surface area contributed by atoms with Gasteiger partial charge in [-0.05, 0) is 37.6 Å². The van der Waals surface area contributed by atoms with Crippen molar-refractivity contribution in [3.63, 3.8) is 0 Å². The van der Waals surface area contributed by atoms with E-state index in [-0.39, 0.29) is 5.54 Å². The summed E-state index contributed by atoms with van der Waals surface area (Å²) >= 11 is 3.47. The lowest BCUT2D eigenvalue weighted by atomic mass is 9.95. The lowest BCUT2D eigenvalue weighted by molar-refractivity contribution is 0.124. The van der Waals surface area contributed by atoms with Gasteiger partial charge >= 0.3 is 0 Å². The van der Waals surface area contributed by atoms with Crippen LogP contribution in [0.5, 0.6) is 0 Å². The molecule has 0 amide bonds. The van der Waals surface area contributed by atoms with Crippen LogP contribution in [0.25, 0.3) is 0 Å². The van der Waals surface area contributed by atoms with E-state index in [1.807, 2.05) is 0 Å². The van der Waals surface area contributed by atoms with Crippen molar-refractivity contribution in [1.29, 1.82) is 0 Å². The van der Waals surface area contributed by atoms with Crippen molar-refractivity contribution in [2.45, 2.75) is 37.8 Å². The highest BCUT2D eigenvalue weighted by molar-refractivity contribution is 9.10. The minimum atomic E-state index is 0.243. The van der Waals surface area contributed by atoms with Crippen LogP contribution in [0, 0.1) is 0 Å². The minimum Gasteiger partial charge on any atom is -0.329 e. The summed E-state index contributed by atoms with van der Waals surface area (Å²) in [6, 6.07) is 8.57. The van der Waals surface area contributed by atoms with Crippen molar-refractivity contribution >= 4 is 15.9 Å². The van der Waals surface area contributed by atoms with E-state index < -0.39 is 0 Å². The van der Waals surface area contributed by atoms with E-state index in [4.69, 9.17) is 5.73 Å². The molecular formula is C14H21BrN2. The van der Waals surface area contributed by atoms with Crippen LogP contribution in [-0.4, -0.2) is 24.0 Å². The molecule has 0 aliphatic heterocycles. The van der Waals surface area contributed by atoms with Crippen molar-refractivity contribution in [2.75, 3.05) is 13.6 Å². The summed E-state index contributed by atoms with van der Waals surface area (Å²) < 4.78 is 1.14. The van der Waals surface area contributed by atoms with Gasteiger partial charge in [-0.2, -0.15) is 0 Å². The average Bonchev–Trinajstić information content (AvgIpc) is 2.82. The van der Waals surface area contributed by atoms with Gasteiger partial charge in [0.05, 0.1) is 0 Å². The molecule has 0 unspecified atom stereocenters. The van der Waals surface area contributed by atoms with Crippen molar-refractivity contribution in [3.05, 3.63) is 34.3 Å². The molecule has 3 heteroatoms. The van der Waals surface area contributed by atoms with Crippen molar-refractivity contribution < 1.29 is 0 Å². The molecule has 2 N–H and O–H groups in total. The molecular weight excluding hydrogens is 276 g/mol. The number of benzene rings is 1. The largest absolute Gasteiger partial charge is 0.329 e. The van der Waals surface area contributed by atoms with Crippen LogP contribution in [-0.2, 0) is 6.54 Å². The van der Waals surface area contributed by atoms with Gasteiger partial charge in [-0.15, -0.1) is 0 Å². The Hall–Kier alpha value is -0.380. The SMILES string of the molecule is CN(Cc1ccc(Br)cc1)C1(CN)CCCC1. The molecule has 0 atom stereocenters. The Bertz CT molecular complexity index is 355. The maximum atomic E-state index is 6.00. The molecule has 0 heterocycles. The number of nitrogens with zero attached hydrogens (tertiary/aromatic N) is 1. The molecule has 0 bridgehead atoms. The van der Waals surface area contributed by atoms with E-state index in [0.29, 0.717) is 0 Å². The first kappa shape index (κ1) is 13.1. The Balaban J connectivity index is 2.05. The predicted molar refractivity (Wildman–Crippen MR) is 75.9 cm³/mol. The number of halogens is 1. The highest BCUT2D eigenvalue weighted by atomic mass is 79.9. The molecule has 2 rings (SSSR count). The van der Waals surface area contributed by atoms with Gasteiger partial charge in [0.1, 0.15) is 0 Å². The molecule has 1 aromatic carbocycles. The summed E-state index contributed by atoms with van der Waals surface area (Å²) in [5.74, 6) is 0. The quantitative estimate of drug-likeness (QED) is 0.925. The van der Waals surface area contributed by atoms with E-state index in [9.17, 15) is 0 Å². The molecule has 2 nitrogen and oxygen atoms in total. The zero-order chi connectivity index (χ0) is 12.3. The molecule has 17 heavy (non-hydrogen) atoms. The molecule has 1 fully saturated rings. The van der Waals surface area contributed by atoms with Crippen LogP contribution in [0.4, 0.5) is 0 Å². The highest BCUT2D eigenvalue weighted by Gasteiger charge is 2.36.